The maximum Gasteiger partial charge on any atom is 0.244 e. The summed E-state index contributed by atoms with van der Waals surface area (Å²) in [4.78, 5) is 25.1. The van der Waals surface area contributed by atoms with Crippen molar-refractivity contribution in [2.75, 3.05) is 0 Å². The van der Waals surface area contributed by atoms with Gasteiger partial charge in [-0.25, -0.2) is 0 Å². The summed E-state index contributed by atoms with van der Waals surface area (Å²) in [5.74, 6) is -0.540. The van der Waals surface area contributed by atoms with Gasteiger partial charge in [0.1, 0.15) is 6.23 Å². The number of nitrogens with zero attached hydrogens (tertiary/aromatic N) is 1. The number of carbonyl (C=O) groups excluding carboxylic acids is 2. The molecule has 2 amide bonds. The van der Waals surface area contributed by atoms with Gasteiger partial charge in [0.15, 0.2) is 0 Å². The van der Waals surface area contributed by atoms with Gasteiger partial charge < -0.3 is 5.11 Å². The Bertz CT molecular complexity index is 633. The first kappa shape index (κ1) is 15.2. The second-order valence-electron chi connectivity index (χ2n) is 7.18. The van der Waals surface area contributed by atoms with Crippen LogP contribution in [0.1, 0.15) is 56.5 Å². The van der Waals surface area contributed by atoms with Crippen molar-refractivity contribution < 1.29 is 14.7 Å². The van der Waals surface area contributed by atoms with E-state index >= 15 is 0 Å². The molecular formula is C17H22N2O3. The number of carbonyl (C=O) groups is 2. The Labute approximate surface area is 130 Å². The Balaban J connectivity index is 1.86. The molecule has 118 valence electrons. The number of nitrogens with one attached hydrogen (secondary N) is 1. The van der Waals surface area contributed by atoms with E-state index < -0.39 is 12.3 Å². The van der Waals surface area contributed by atoms with Gasteiger partial charge in [-0.3, -0.25) is 19.8 Å². The normalized spacial score (nSPS) is 26.0. The highest BCUT2D eigenvalue weighted by Crippen LogP contribution is 2.37. The van der Waals surface area contributed by atoms with Crippen LogP contribution in [-0.4, -0.2) is 27.9 Å². The molecule has 2 atom stereocenters. The largest absolute Gasteiger partial charge is 0.374 e. The van der Waals surface area contributed by atoms with Crippen molar-refractivity contribution in [3.05, 3.63) is 34.9 Å². The highest BCUT2D eigenvalue weighted by atomic mass is 16.3. The lowest BCUT2D eigenvalue weighted by atomic mass is 9.85. The van der Waals surface area contributed by atoms with E-state index in [1.807, 2.05) is 12.1 Å². The first-order valence-electron chi connectivity index (χ1n) is 7.68. The summed E-state index contributed by atoms with van der Waals surface area (Å²) in [7, 11) is 0. The monoisotopic (exact) mass is 302 g/mol. The molecule has 1 aromatic carbocycles. The maximum absolute atomic E-state index is 12.0. The molecular weight excluding hydrogens is 280 g/mol. The third-order valence-corrected chi connectivity index (χ3v) is 4.56. The molecule has 1 saturated heterocycles. The number of amides is 2. The molecule has 2 aliphatic rings. The van der Waals surface area contributed by atoms with Gasteiger partial charge in [0.05, 0.1) is 6.04 Å². The van der Waals surface area contributed by atoms with Crippen molar-refractivity contribution in [3.8, 4) is 0 Å². The fourth-order valence-electron chi connectivity index (χ4n) is 3.20. The van der Waals surface area contributed by atoms with Gasteiger partial charge in [0, 0.05) is 13.0 Å². The van der Waals surface area contributed by atoms with Crippen LogP contribution in [0.5, 0.6) is 0 Å². The molecule has 1 unspecified atom stereocenters. The minimum Gasteiger partial charge on any atom is -0.374 e. The quantitative estimate of drug-likeness (QED) is 0.773. The Hall–Kier alpha value is -1.72. The molecule has 1 fully saturated rings. The van der Waals surface area contributed by atoms with Crippen LogP contribution in [0.4, 0.5) is 0 Å². The van der Waals surface area contributed by atoms with E-state index in [0.717, 1.165) is 11.1 Å². The van der Waals surface area contributed by atoms with Gasteiger partial charge >= 0.3 is 0 Å². The number of imide groups is 1. The van der Waals surface area contributed by atoms with Crippen molar-refractivity contribution in [2.24, 2.45) is 0 Å². The lowest BCUT2D eigenvalue weighted by Crippen LogP contribution is -2.51. The Morgan fingerprint density at radius 1 is 1.27 bits per heavy atom. The van der Waals surface area contributed by atoms with Gasteiger partial charge in [-0.1, -0.05) is 39.0 Å². The summed E-state index contributed by atoms with van der Waals surface area (Å²) in [5.41, 5.74) is 3.17. The van der Waals surface area contributed by atoms with Crippen LogP contribution < -0.4 is 5.32 Å². The van der Waals surface area contributed by atoms with E-state index in [1.54, 1.807) is 4.90 Å². The molecule has 0 aliphatic carbocycles. The fourth-order valence-corrected chi connectivity index (χ4v) is 3.20. The molecule has 0 spiro atoms. The fraction of sp³-hybridized carbons (Fsp3) is 0.529. The molecule has 5 nitrogen and oxygen atoms in total. The first-order valence-corrected chi connectivity index (χ1v) is 7.68. The highest BCUT2D eigenvalue weighted by molar-refractivity contribution is 6.00. The minimum absolute atomic E-state index is 0.0437. The molecule has 2 aliphatic heterocycles. The molecule has 2 N–H and O–H groups in total. The average molecular weight is 302 g/mol. The molecule has 0 aromatic heterocycles. The van der Waals surface area contributed by atoms with Crippen molar-refractivity contribution in [1.29, 1.82) is 0 Å². The molecule has 0 radical (unpaired) electrons. The zero-order valence-electron chi connectivity index (χ0n) is 13.2. The van der Waals surface area contributed by atoms with E-state index in [1.165, 1.54) is 5.56 Å². The molecule has 0 bridgehead atoms. The van der Waals surface area contributed by atoms with Crippen molar-refractivity contribution in [1.82, 2.24) is 10.2 Å². The molecule has 5 heteroatoms. The van der Waals surface area contributed by atoms with E-state index in [9.17, 15) is 14.7 Å². The van der Waals surface area contributed by atoms with Gasteiger partial charge in [-0.05, 0) is 28.5 Å². The third kappa shape index (κ3) is 2.55. The summed E-state index contributed by atoms with van der Waals surface area (Å²) >= 11 is 0. The van der Waals surface area contributed by atoms with Crippen LogP contribution in [0.3, 0.4) is 0 Å². The van der Waals surface area contributed by atoms with Gasteiger partial charge in [0.2, 0.25) is 11.8 Å². The number of hydrogen-bond acceptors (Lipinski definition) is 4. The zero-order chi connectivity index (χ0) is 16.1. The van der Waals surface area contributed by atoms with E-state index in [4.69, 9.17) is 0 Å². The lowest BCUT2D eigenvalue weighted by molar-refractivity contribution is -0.141. The molecule has 1 aromatic rings. The van der Waals surface area contributed by atoms with Gasteiger partial charge in [-0.15, -0.1) is 0 Å². The third-order valence-electron chi connectivity index (χ3n) is 4.56. The van der Waals surface area contributed by atoms with Crippen molar-refractivity contribution in [3.63, 3.8) is 0 Å². The second kappa shape index (κ2) is 5.18. The average Bonchev–Trinajstić information content (AvgIpc) is 2.75. The van der Waals surface area contributed by atoms with Gasteiger partial charge in [-0.2, -0.15) is 0 Å². The Morgan fingerprint density at radius 2 is 2.00 bits per heavy atom. The molecule has 2 heterocycles. The van der Waals surface area contributed by atoms with E-state index in [2.05, 4.69) is 32.2 Å². The molecule has 3 rings (SSSR count). The summed E-state index contributed by atoms with van der Waals surface area (Å²) < 4.78 is 0. The lowest BCUT2D eigenvalue weighted by Gasteiger charge is -2.31. The summed E-state index contributed by atoms with van der Waals surface area (Å²) in [6, 6.07) is 5.66. The number of aliphatic hydroxyl groups excluding tert-OH is 1. The highest BCUT2D eigenvalue weighted by Gasteiger charge is 2.39. The topological polar surface area (TPSA) is 69.6 Å². The summed E-state index contributed by atoms with van der Waals surface area (Å²) in [6.07, 6.45) is -0.00149. The number of aliphatic hydroxyl groups is 1. The minimum atomic E-state index is -0.784. The molecule has 22 heavy (non-hydrogen) atoms. The van der Waals surface area contributed by atoms with E-state index in [0.29, 0.717) is 19.4 Å². The van der Waals surface area contributed by atoms with Crippen LogP contribution in [0.15, 0.2) is 18.2 Å². The van der Waals surface area contributed by atoms with Crippen LogP contribution >= 0.6 is 0 Å². The zero-order valence-corrected chi connectivity index (χ0v) is 13.2. The Morgan fingerprint density at radius 3 is 2.64 bits per heavy atom. The maximum atomic E-state index is 12.0. The second-order valence-corrected chi connectivity index (χ2v) is 7.18. The van der Waals surface area contributed by atoms with Crippen LogP contribution in [0, 0.1) is 0 Å². The van der Waals surface area contributed by atoms with Gasteiger partial charge in [0.25, 0.3) is 0 Å². The number of piperidine rings is 1. The number of benzene rings is 1. The smallest absolute Gasteiger partial charge is 0.244 e. The predicted molar refractivity (Wildman–Crippen MR) is 81.8 cm³/mol. The van der Waals surface area contributed by atoms with Crippen LogP contribution in [0.25, 0.3) is 0 Å². The van der Waals surface area contributed by atoms with Crippen molar-refractivity contribution in [2.45, 2.75) is 57.8 Å². The number of rotatable bonds is 1. The predicted octanol–water partition coefficient (Wildman–Crippen LogP) is 1.60. The molecule has 0 saturated carbocycles. The standard InChI is InChI=1S/C17H22N2O3/c1-17(2,3)11-4-5-12-10(8-11)9-19(16(12)22)13-6-7-14(20)18-15(13)21/h4-5,8,13,16,22H,6-7,9H2,1-3H3,(H,18,20,21)/t13-,16?/m0/s1. The Kier molecular flexibility index (Phi) is 3.57. The number of hydrogen-bond donors (Lipinski definition) is 2. The first-order chi connectivity index (χ1) is 10.3. The number of fused-ring (bicyclic) bond motifs is 1. The summed E-state index contributed by atoms with van der Waals surface area (Å²) in [6.45, 7) is 6.99. The van der Waals surface area contributed by atoms with Crippen molar-refractivity contribution >= 4 is 11.8 Å². The SMILES string of the molecule is CC(C)(C)c1ccc2c(c1)CN([C@H]1CCC(=O)NC1=O)C2O. The summed E-state index contributed by atoms with van der Waals surface area (Å²) in [5, 5.41) is 12.9. The van der Waals surface area contributed by atoms with E-state index in [-0.39, 0.29) is 17.2 Å². The van der Waals surface area contributed by atoms with Crippen LogP contribution in [0.2, 0.25) is 0 Å². The van der Waals surface area contributed by atoms with Crippen LogP contribution in [-0.2, 0) is 21.5 Å².